The number of carbonyl (C=O) groups is 2. The molecule has 3 fully saturated rings. The highest BCUT2D eigenvalue weighted by molar-refractivity contribution is 5.81. The zero-order valence-electron chi connectivity index (χ0n) is 15.0. The second-order valence-electron chi connectivity index (χ2n) is 7.35. The topological polar surface area (TPSA) is 66.0 Å². The van der Waals surface area contributed by atoms with E-state index in [1.54, 1.807) is 12.4 Å². The summed E-state index contributed by atoms with van der Waals surface area (Å²) < 4.78 is 6.00. The summed E-state index contributed by atoms with van der Waals surface area (Å²) in [6.45, 7) is 4.51. The molecule has 0 bridgehead atoms. The number of carbonyl (C=O) groups excluding carboxylic acids is 2. The summed E-state index contributed by atoms with van der Waals surface area (Å²) in [7, 11) is 0. The molecule has 140 valence electrons. The number of hydrogen-bond acceptors (Lipinski definition) is 4. The van der Waals surface area contributed by atoms with Crippen LogP contribution in [-0.2, 0) is 16.1 Å². The van der Waals surface area contributed by atoms with Crippen molar-refractivity contribution in [3.8, 4) is 0 Å². The standard InChI is InChI=1S/C19H26N4O3/c24-18-16-5-9-23(19(25)21-7-1-2-8-21)14-17(16)26-11-10-22(18)13-15-4-3-6-20-12-15/h3-4,6,12,16-17H,1-2,5,7-11,13-14H2/t16-,17+/m1/s1. The minimum absolute atomic E-state index is 0.105. The number of piperidine rings is 1. The molecule has 0 spiro atoms. The molecule has 0 N–H and O–H groups in total. The molecule has 3 amide bonds. The van der Waals surface area contributed by atoms with Crippen molar-refractivity contribution in [1.29, 1.82) is 0 Å². The van der Waals surface area contributed by atoms with Crippen molar-refractivity contribution in [2.45, 2.75) is 31.9 Å². The number of ether oxygens (including phenoxy) is 1. The molecular weight excluding hydrogens is 332 g/mol. The Balaban J connectivity index is 1.40. The lowest BCUT2D eigenvalue weighted by molar-refractivity contribution is -0.139. The van der Waals surface area contributed by atoms with Crippen molar-refractivity contribution in [2.75, 3.05) is 39.3 Å². The molecule has 3 aliphatic heterocycles. The first-order valence-electron chi connectivity index (χ1n) is 9.55. The predicted octanol–water partition coefficient (Wildman–Crippen LogP) is 1.35. The Bertz CT molecular complexity index is 647. The van der Waals surface area contributed by atoms with Crippen molar-refractivity contribution < 1.29 is 14.3 Å². The van der Waals surface area contributed by atoms with Crippen molar-refractivity contribution in [3.05, 3.63) is 30.1 Å². The van der Waals surface area contributed by atoms with E-state index in [1.807, 2.05) is 26.8 Å². The maximum atomic E-state index is 13.0. The van der Waals surface area contributed by atoms with Crippen LogP contribution in [0.1, 0.15) is 24.8 Å². The number of fused-ring (bicyclic) bond motifs is 1. The van der Waals surface area contributed by atoms with E-state index in [0.717, 1.165) is 31.5 Å². The van der Waals surface area contributed by atoms with Gasteiger partial charge in [0.05, 0.1) is 18.6 Å². The predicted molar refractivity (Wildman–Crippen MR) is 95.3 cm³/mol. The summed E-state index contributed by atoms with van der Waals surface area (Å²) in [5, 5.41) is 0. The third-order valence-electron chi connectivity index (χ3n) is 5.62. The van der Waals surface area contributed by atoms with E-state index in [2.05, 4.69) is 4.98 Å². The lowest BCUT2D eigenvalue weighted by Gasteiger charge is -2.38. The second kappa shape index (κ2) is 7.61. The van der Waals surface area contributed by atoms with Gasteiger partial charge in [0.2, 0.25) is 5.91 Å². The average molecular weight is 358 g/mol. The van der Waals surface area contributed by atoms with Gasteiger partial charge in [-0.3, -0.25) is 9.78 Å². The van der Waals surface area contributed by atoms with E-state index in [4.69, 9.17) is 4.74 Å². The lowest BCUT2D eigenvalue weighted by Crippen LogP contribution is -2.53. The average Bonchev–Trinajstić information content (AvgIpc) is 3.17. The number of urea groups is 1. The first-order chi connectivity index (χ1) is 12.7. The minimum atomic E-state index is -0.193. The van der Waals surface area contributed by atoms with Gasteiger partial charge in [0.1, 0.15) is 0 Å². The third kappa shape index (κ3) is 3.53. The van der Waals surface area contributed by atoms with Crippen molar-refractivity contribution in [3.63, 3.8) is 0 Å². The summed E-state index contributed by atoms with van der Waals surface area (Å²) >= 11 is 0. The Morgan fingerprint density at radius 3 is 2.81 bits per heavy atom. The highest BCUT2D eigenvalue weighted by Gasteiger charge is 2.41. The zero-order valence-corrected chi connectivity index (χ0v) is 15.0. The highest BCUT2D eigenvalue weighted by atomic mass is 16.5. The molecule has 26 heavy (non-hydrogen) atoms. The van der Waals surface area contributed by atoms with Crippen LogP contribution in [0.15, 0.2) is 24.5 Å². The van der Waals surface area contributed by atoms with Crippen molar-refractivity contribution >= 4 is 11.9 Å². The van der Waals surface area contributed by atoms with Gasteiger partial charge in [-0.05, 0) is 30.9 Å². The summed E-state index contributed by atoms with van der Waals surface area (Å²) in [5.41, 5.74) is 1.03. The van der Waals surface area contributed by atoms with Crippen LogP contribution in [-0.4, -0.2) is 77.1 Å². The molecule has 4 heterocycles. The fourth-order valence-electron chi connectivity index (χ4n) is 4.18. The van der Waals surface area contributed by atoms with E-state index in [0.29, 0.717) is 39.2 Å². The number of likely N-dealkylation sites (tertiary alicyclic amines) is 2. The normalized spacial score (nSPS) is 26.6. The van der Waals surface area contributed by atoms with Gasteiger partial charge in [0, 0.05) is 51.7 Å². The van der Waals surface area contributed by atoms with Gasteiger partial charge in [0.25, 0.3) is 0 Å². The first-order valence-corrected chi connectivity index (χ1v) is 9.55. The van der Waals surface area contributed by atoms with Crippen molar-refractivity contribution in [2.24, 2.45) is 5.92 Å². The number of pyridine rings is 1. The van der Waals surface area contributed by atoms with Crippen LogP contribution in [0.2, 0.25) is 0 Å². The highest BCUT2D eigenvalue weighted by Crippen LogP contribution is 2.27. The van der Waals surface area contributed by atoms with E-state index >= 15 is 0 Å². The van der Waals surface area contributed by atoms with Gasteiger partial charge in [0.15, 0.2) is 0 Å². The Labute approximate surface area is 153 Å². The molecule has 0 radical (unpaired) electrons. The number of amides is 3. The Hall–Kier alpha value is -2.15. The molecular formula is C19H26N4O3. The zero-order chi connectivity index (χ0) is 17.9. The molecule has 7 nitrogen and oxygen atoms in total. The van der Waals surface area contributed by atoms with Crippen LogP contribution >= 0.6 is 0 Å². The van der Waals surface area contributed by atoms with Crippen LogP contribution in [0.3, 0.4) is 0 Å². The van der Waals surface area contributed by atoms with Gasteiger partial charge < -0.3 is 19.4 Å². The molecule has 0 saturated carbocycles. The van der Waals surface area contributed by atoms with E-state index in [9.17, 15) is 9.59 Å². The van der Waals surface area contributed by atoms with Crippen molar-refractivity contribution in [1.82, 2.24) is 19.7 Å². The molecule has 0 aromatic carbocycles. The smallest absolute Gasteiger partial charge is 0.320 e. The van der Waals surface area contributed by atoms with Crippen LogP contribution in [0.25, 0.3) is 0 Å². The fraction of sp³-hybridized carbons (Fsp3) is 0.632. The summed E-state index contributed by atoms with van der Waals surface area (Å²) in [4.78, 5) is 35.5. The maximum absolute atomic E-state index is 13.0. The van der Waals surface area contributed by atoms with Crippen LogP contribution in [0.5, 0.6) is 0 Å². The molecule has 3 aliphatic rings. The molecule has 2 atom stereocenters. The number of rotatable bonds is 2. The van der Waals surface area contributed by atoms with Gasteiger partial charge in [-0.2, -0.15) is 0 Å². The van der Waals surface area contributed by atoms with Crippen LogP contribution in [0, 0.1) is 5.92 Å². The number of hydrogen-bond donors (Lipinski definition) is 0. The molecule has 0 unspecified atom stereocenters. The van der Waals surface area contributed by atoms with Gasteiger partial charge in [-0.1, -0.05) is 6.07 Å². The quantitative estimate of drug-likeness (QED) is 0.800. The minimum Gasteiger partial charge on any atom is -0.374 e. The van der Waals surface area contributed by atoms with Gasteiger partial charge in [-0.15, -0.1) is 0 Å². The Morgan fingerprint density at radius 2 is 2.04 bits per heavy atom. The monoisotopic (exact) mass is 358 g/mol. The van der Waals surface area contributed by atoms with Gasteiger partial charge >= 0.3 is 6.03 Å². The lowest BCUT2D eigenvalue weighted by atomic mass is 9.92. The molecule has 4 rings (SSSR count). The SMILES string of the molecule is O=C1[C@@H]2CCN(C(=O)N3CCCC3)C[C@@H]2OCCN1Cc1cccnc1. The molecule has 0 aliphatic carbocycles. The van der Waals surface area contributed by atoms with Crippen LogP contribution in [0.4, 0.5) is 4.79 Å². The number of nitrogens with zero attached hydrogens (tertiary/aromatic N) is 4. The second-order valence-corrected chi connectivity index (χ2v) is 7.35. The molecule has 1 aromatic heterocycles. The molecule has 1 aromatic rings. The fourth-order valence-corrected chi connectivity index (χ4v) is 4.18. The Kier molecular flexibility index (Phi) is 5.06. The summed E-state index contributed by atoms with van der Waals surface area (Å²) in [5.74, 6) is -0.0126. The number of aromatic nitrogens is 1. The Morgan fingerprint density at radius 1 is 1.19 bits per heavy atom. The van der Waals surface area contributed by atoms with Gasteiger partial charge in [-0.25, -0.2) is 4.79 Å². The maximum Gasteiger partial charge on any atom is 0.320 e. The van der Waals surface area contributed by atoms with E-state index in [1.165, 1.54) is 0 Å². The largest absolute Gasteiger partial charge is 0.374 e. The molecule has 7 heteroatoms. The summed E-state index contributed by atoms with van der Waals surface area (Å²) in [6.07, 6.45) is 6.19. The van der Waals surface area contributed by atoms with E-state index < -0.39 is 0 Å². The summed E-state index contributed by atoms with van der Waals surface area (Å²) in [6, 6.07) is 3.98. The third-order valence-corrected chi connectivity index (χ3v) is 5.62. The van der Waals surface area contributed by atoms with Crippen LogP contribution < -0.4 is 0 Å². The first kappa shape index (κ1) is 17.3. The van der Waals surface area contributed by atoms with E-state index in [-0.39, 0.29) is 24.0 Å². The molecule has 3 saturated heterocycles.